The lowest BCUT2D eigenvalue weighted by molar-refractivity contribution is 0.852. The minimum atomic E-state index is 0.295. The molecule has 0 fully saturated rings. The van der Waals surface area contributed by atoms with Crippen molar-refractivity contribution in [1.29, 1.82) is 0 Å². The molecule has 2 aromatic rings. The van der Waals surface area contributed by atoms with Crippen molar-refractivity contribution < 1.29 is 0 Å². The second-order valence-corrected chi connectivity index (χ2v) is 6.29. The topological polar surface area (TPSA) is 49.8 Å². The van der Waals surface area contributed by atoms with Crippen LogP contribution in [0.2, 0.25) is 5.02 Å². The second kappa shape index (κ2) is 6.58. The van der Waals surface area contributed by atoms with Crippen LogP contribution in [0.4, 0.5) is 17.3 Å². The molecule has 0 saturated heterocycles. The first kappa shape index (κ1) is 15.3. The third kappa shape index (κ3) is 3.32. The van der Waals surface area contributed by atoms with Crippen molar-refractivity contribution in [3.8, 4) is 0 Å². The Morgan fingerprint density at radius 2 is 1.90 bits per heavy atom. The molecule has 2 N–H and O–H groups in total. The van der Waals surface area contributed by atoms with Gasteiger partial charge in [0, 0.05) is 16.2 Å². The van der Waals surface area contributed by atoms with E-state index in [-0.39, 0.29) is 0 Å². The van der Waals surface area contributed by atoms with E-state index in [9.17, 15) is 0 Å². The molecule has 2 rings (SSSR count). The summed E-state index contributed by atoms with van der Waals surface area (Å²) < 4.78 is 1.10. The molecule has 4 nitrogen and oxygen atoms in total. The van der Waals surface area contributed by atoms with Crippen LogP contribution in [-0.2, 0) is 0 Å². The van der Waals surface area contributed by atoms with Crippen LogP contribution in [0, 0.1) is 3.57 Å². The van der Waals surface area contributed by atoms with E-state index in [4.69, 9.17) is 11.6 Å². The van der Waals surface area contributed by atoms with E-state index in [2.05, 4.69) is 57.0 Å². The normalized spacial score (nSPS) is 10.7. The Labute approximate surface area is 137 Å². The van der Waals surface area contributed by atoms with E-state index in [1.807, 2.05) is 25.2 Å². The first-order valence-corrected chi connectivity index (χ1v) is 7.73. The highest BCUT2D eigenvalue weighted by Crippen LogP contribution is 2.32. The van der Waals surface area contributed by atoms with Crippen molar-refractivity contribution >= 4 is 51.5 Å². The van der Waals surface area contributed by atoms with Crippen LogP contribution < -0.4 is 10.6 Å². The molecule has 0 aliphatic rings. The van der Waals surface area contributed by atoms with E-state index in [0.717, 1.165) is 26.5 Å². The smallest absolute Gasteiger partial charge is 0.139 e. The van der Waals surface area contributed by atoms with Gasteiger partial charge in [0.15, 0.2) is 0 Å². The molecule has 0 unspecified atom stereocenters. The average molecular weight is 403 g/mol. The fourth-order valence-corrected chi connectivity index (χ4v) is 2.86. The molecule has 106 valence electrons. The Bertz CT molecular complexity index is 616. The molecular weight excluding hydrogens is 387 g/mol. The molecule has 0 aliphatic heterocycles. The second-order valence-electron chi connectivity index (χ2n) is 4.64. The summed E-state index contributed by atoms with van der Waals surface area (Å²) in [4.78, 5) is 8.61. The first-order valence-electron chi connectivity index (χ1n) is 6.27. The zero-order chi connectivity index (χ0) is 14.7. The van der Waals surface area contributed by atoms with E-state index in [0.29, 0.717) is 10.9 Å². The molecule has 0 amide bonds. The van der Waals surface area contributed by atoms with Crippen LogP contribution >= 0.6 is 34.2 Å². The summed E-state index contributed by atoms with van der Waals surface area (Å²) in [6.45, 7) is 4.22. The summed E-state index contributed by atoms with van der Waals surface area (Å²) in [6.07, 6.45) is 1.54. The molecule has 1 aromatic heterocycles. The maximum atomic E-state index is 6.26. The Morgan fingerprint density at radius 3 is 2.50 bits per heavy atom. The molecule has 0 aliphatic carbocycles. The van der Waals surface area contributed by atoms with Gasteiger partial charge in [0.2, 0.25) is 0 Å². The number of rotatable bonds is 4. The summed E-state index contributed by atoms with van der Waals surface area (Å²) in [6, 6.07) is 5.87. The third-order valence-corrected chi connectivity index (χ3v) is 3.87. The highest BCUT2D eigenvalue weighted by molar-refractivity contribution is 14.1. The summed E-state index contributed by atoms with van der Waals surface area (Å²) in [5.41, 5.74) is 1.89. The lowest BCUT2D eigenvalue weighted by atomic mass is 10.0. The molecule has 0 radical (unpaired) electrons. The van der Waals surface area contributed by atoms with Crippen LogP contribution in [-0.4, -0.2) is 17.0 Å². The third-order valence-electron chi connectivity index (χ3n) is 2.88. The highest BCUT2D eigenvalue weighted by Gasteiger charge is 2.15. The van der Waals surface area contributed by atoms with E-state index < -0.39 is 0 Å². The van der Waals surface area contributed by atoms with Crippen molar-refractivity contribution in [2.75, 3.05) is 17.7 Å². The van der Waals surface area contributed by atoms with Crippen LogP contribution in [0.3, 0.4) is 0 Å². The number of nitrogens with one attached hydrogen (secondary N) is 2. The van der Waals surface area contributed by atoms with Gasteiger partial charge >= 0.3 is 0 Å². The average Bonchev–Trinajstić information content (AvgIpc) is 2.41. The summed E-state index contributed by atoms with van der Waals surface area (Å²) >= 11 is 8.49. The first-order chi connectivity index (χ1) is 9.52. The lowest BCUT2D eigenvalue weighted by Crippen LogP contribution is -2.07. The highest BCUT2D eigenvalue weighted by atomic mass is 127. The predicted molar refractivity (Wildman–Crippen MR) is 93.1 cm³/mol. The molecular formula is C14H16ClIN4. The van der Waals surface area contributed by atoms with Crippen LogP contribution in [0.15, 0.2) is 24.5 Å². The lowest BCUT2D eigenvalue weighted by Gasteiger charge is -2.17. The predicted octanol–water partition coefficient (Wildman–Crippen LogP) is 4.64. The van der Waals surface area contributed by atoms with Crippen LogP contribution in [0.5, 0.6) is 0 Å². The van der Waals surface area contributed by atoms with Crippen molar-refractivity contribution in [2.24, 2.45) is 0 Å². The maximum Gasteiger partial charge on any atom is 0.139 e. The SMILES string of the molecule is CNc1ncnc(Nc2ccc(I)cc2Cl)c1C(C)C. The molecule has 1 aromatic carbocycles. The number of halogens is 2. The molecule has 6 heteroatoms. The van der Waals surface area contributed by atoms with Gasteiger partial charge in [-0.1, -0.05) is 25.4 Å². The Morgan fingerprint density at radius 1 is 1.20 bits per heavy atom. The van der Waals surface area contributed by atoms with Crippen molar-refractivity contribution in [3.05, 3.63) is 38.7 Å². The molecule has 0 spiro atoms. The summed E-state index contributed by atoms with van der Waals surface area (Å²) in [5.74, 6) is 1.91. The Kier molecular flexibility index (Phi) is 5.04. The van der Waals surface area contributed by atoms with Gasteiger partial charge in [-0.05, 0) is 46.7 Å². The molecule has 0 saturated carbocycles. The molecule has 0 atom stereocenters. The zero-order valence-electron chi connectivity index (χ0n) is 11.5. The van der Waals surface area contributed by atoms with Gasteiger partial charge in [-0.2, -0.15) is 0 Å². The van der Waals surface area contributed by atoms with Gasteiger partial charge in [0.05, 0.1) is 10.7 Å². The van der Waals surface area contributed by atoms with Gasteiger partial charge in [-0.15, -0.1) is 0 Å². The fourth-order valence-electron chi connectivity index (χ4n) is 1.96. The van der Waals surface area contributed by atoms with Gasteiger partial charge in [0.25, 0.3) is 0 Å². The standard InChI is InChI=1S/C14H16ClIN4/c1-8(2)12-13(17-3)18-7-19-14(12)20-11-5-4-9(16)6-10(11)15/h4-8H,1-3H3,(H2,17,18,19,20). The maximum absolute atomic E-state index is 6.26. The molecule has 20 heavy (non-hydrogen) atoms. The number of hydrogen-bond acceptors (Lipinski definition) is 4. The number of hydrogen-bond donors (Lipinski definition) is 2. The van der Waals surface area contributed by atoms with Gasteiger partial charge < -0.3 is 10.6 Å². The van der Waals surface area contributed by atoms with Gasteiger partial charge in [-0.25, -0.2) is 9.97 Å². The molecule has 1 heterocycles. The Balaban J connectivity index is 2.43. The van der Waals surface area contributed by atoms with E-state index >= 15 is 0 Å². The monoisotopic (exact) mass is 402 g/mol. The minimum absolute atomic E-state index is 0.295. The molecule has 0 bridgehead atoms. The van der Waals surface area contributed by atoms with Crippen LogP contribution in [0.1, 0.15) is 25.3 Å². The Hall–Kier alpha value is -1.08. The van der Waals surface area contributed by atoms with Crippen molar-refractivity contribution in [3.63, 3.8) is 0 Å². The van der Waals surface area contributed by atoms with Gasteiger partial charge in [-0.3, -0.25) is 0 Å². The number of anilines is 3. The van der Waals surface area contributed by atoms with E-state index in [1.54, 1.807) is 6.33 Å². The van der Waals surface area contributed by atoms with E-state index in [1.165, 1.54) is 0 Å². The number of nitrogens with zero attached hydrogens (tertiary/aromatic N) is 2. The zero-order valence-corrected chi connectivity index (χ0v) is 14.5. The van der Waals surface area contributed by atoms with Crippen LogP contribution in [0.25, 0.3) is 0 Å². The summed E-state index contributed by atoms with van der Waals surface area (Å²) in [5, 5.41) is 7.08. The van der Waals surface area contributed by atoms with Crippen molar-refractivity contribution in [2.45, 2.75) is 19.8 Å². The number of aromatic nitrogens is 2. The van der Waals surface area contributed by atoms with Crippen molar-refractivity contribution in [1.82, 2.24) is 9.97 Å². The minimum Gasteiger partial charge on any atom is -0.373 e. The van der Waals surface area contributed by atoms with Gasteiger partial charge in [0.1, 0.15) is 18.0 Å². The number of benzene rings is 1. The largest absolute Gasteiger partial charge is 0.373 e. The fraction of sp³-hybridized carbons (Fsp3) is 0.286. The quantitative estimate of drug-likeness (QED) is 0.731. The summed E-state index contributed by atoms with van der Waals surface area (Å²) in [7, 11) is 1.86.